The molecule has 0 aliphatic carbocycles. The van der Waals surface area contributed by atoms with E-state index in [-0.39, 0.29) is 11.5 Å². The van der Waals surface area contributed by atoms with Crippen LogP contribution < -0.4 is 0 Å². The van der Waals surface area contributed by atoms with Crippen LogP contribution in [0.3, 0.4) is 0 Å². The lowest BCUT2D eigenvalue weighted by atomic mass is 10.0. The number of nitrogens with zero attached hydrogens (tertiary/aromatic N) is 2. The Kier molecular flexibility index (Phi) is 5.94. The van der Waals surface area contributed by atoms with Crippen molar-refractivity contribution in [3.8, 4) is 0 Å². The zero-order valence-electron chi connectivity index (χ0n) is 14.8. The average molecular weight is 407 g/mol. The van der Waals surface area contributed by atoms with Crippen molar-refractivity contribution >= 4 is 41.0 Å². The lowest BCUT2D eigenvalue weighted by Gasteiger charge is -2.20. The van der Waals surface area contributed by atoms with E-state index >= 15 is 0 Å². The molecule has 1 fully saturated rings. The standard InChI is InChI=1S/C19H19ClN2O4S/c1-11-18(13-6-4-3-5-7-13)26-19(25)22(11)17(24)9-16(23)15(20)8-14-10-27-12(2)21-14/h3-8,10-11,16,18,23H,9H2,1-2H3/b15-8-/t11-,16-,18-/m0/s1. The van der Waals surface area contributed by atoms with E-state index < -0.39 is 30.3 Å². The molecule has 0 spiro atoms. The maximum Gasteiger partial charge on any atom is 0.417 e. The number of halogens is 1. The van der Waals surface area contributed by atoms with Gasteiger partial charge in [0, 0.05) is 10.4 Å². The number of carbonyl (C=O) groups is 2. The molecule has 27 heavy (non-hydrogen) atoms. The number of aliphatic hydroxyl groups excluding tert-OH is 1. The molecule has 1 N–H and O–H groups in total. The Morgan fingerprint density at radius 3 is 2.78 bits per heavy atom. The maximum absolute atomic E-state index is 12.6. The summed E-state index contributed by atoms with van der Waals surface area (Å²) in [6, 6.07) is 8.74. The number of aliphatic hydroxyl groups is 1. The smallest absolute Gasteiger partial charge is 0.417 e. The Balaban J connectivity index is 1.68. The number of amides is 2. The predicted molar refractivity (Wildman–Crippen MR) is 103 cm³/mol. The molecular formula is C19H19ClN2O4S. The molecule has 3 rings (SSSR count). The fourth-order valence-electron chi connectivity index (χ4n) is 2.93. The van der Waals surface area contributed by atoms with Gasteiger partial charge in [-0.05, 0) is 25.5 Å². The second-order valence-electron chi connectivity index (χ2n) is 6.26. The third-order valence-electron chi connectivity index (χ3n) is 4.28. The number of ether oxygens (including phenoxy) is 1. The van der Waals surface area contributed by atoms with E-state index in [9.17, 15) is 14.7 Å². The second kappa shape index (κ2) is 8.21. The number of benzene rings is 1. The molecule has 8 heteroatoms. The maximum atomic E-state index is 12.6. The van der Waals surface area contributed by atoms with Crippen LogP contribution in [-0.4, -0.2) is 39.1 Å². The Bertz CT molecular complexity index is 868. The van der Waals surface area contributed by atoms with Crippen LogP contribution in [0.5, 0.6) is 0 Å². The van der Waals surface area contributed by atoms with E-state index in [1.165, 1.54) is 17.4 Å². The highest BCUT2D eigenvalue weighted by atomic mass is 35.5. The molecule has 2 heterocycles. The predicted octanol–water partition coefficient (Wildman–Crippen LogP) is 3.89. The Labute approximate surface area is 166 Å². The summed E-state index contributed by atoms with van der Waals surface area (Å²) >= 11 is 7.57. The zero-order valence-corrected chi connectivity index (χ0v) is 16.4. The monoisotopic (exact) mass is 406 g/mol. The topological polar surface area (TPSA) is 79.7 Å². The summed E-state index contributed by atoms with van der Waals surface area (Å²) < 4.78 is 5.36. The summed E-state index contributed by atoms with van der Waals surface area (Å²) in [5.41, 5.74) is 1.43. The van der Waals surface area contributed by atoms with E-state index in [1.54, 1.807) is 12.3 Å². The number of aryl methyl sites for hydroxylation is 1. The van der Waals surface area contributed by atoms with Gasteiger partial charge in [0.15, 0.2) is 0 Å². The van der Waals surface area contributed by atoms with Crippen LogP contribution in [0, 0.1) is 6.92 Å². The molecule has 2 aromatic rings. The minimum atomic E-state index is -1.23. The van der Waals surface area contributed by atoms with Crippen LogP contribution in [0.2, 0.25) is 0 Å². The van der Waals surface area contributed by atoms with Gasteiger partial charge in [-0.2, -0.15) is 0 Å². The highest BCUT2D eigenvalue weighted by Gasteiger charge is 2.43. The molecule has 1 aliphatic heterocycles. The van der Waals surface area contributed by atoms with Crippen LogP contribution >= 0.6 is 22.9 Å². The normalized spacial score (nSPS) is 21.3. The third-order valence-corrected chi connectivity index (χ3v) is 5.43. The van der Waals surface area contributed by atoms with Crippen molar-refractivity contribution in [3.63, 3.8) is 0 Å². The number of carbonyl (C=O) groups excluding carboxylic acids is 2. The van der Waals surface area contributed by atoms with Gasteiger partial charge in [0.2, 0.25) is 5.91 Å². The van der Waals surface area contributed by atoms with Gasteiger partial charge in [0.25, 0.3) is 0 Å². The summed E-state index contributed by atoms with van der Waals surface area (Å²) in [6.07, 6.45) is -1.29. The molecular weight excluding hydrogens is 388 g/mol. The first kappa shape index (κ1) is 19.5. The number of hydrogen-bond acceptors (Lipinski definition) is 6. The van der Waals surface area contributed by atoms with E-state index in [4.69, 9.17) is 16.3 Å². The molecule has 0 saturated carbocycles. The van der Waals surface area contributed by atoms with Crippen molar-refractivity contribution < 1.29 is 19.4 Å². The first-order valence-electron chi connectivity index (χ1n) is 8.41. The Hall–Kier alpha value is -2.22. The van der Waals surface area contributed by atoms with E-state index in [2.05, 4.69) is 4.98 Å². The van der Waals surface area contributed by atoms with Crippen molar-refractivity contribution in [2.45, 2.75) is 38.5 Å². The van der Waals surface area contributed by atoms with Crippen LogP contribution in [0.15, 0.2) is 40.7 Å². The molecule has 1 saturated heterocycles. The summed E-state index contributed by atoms with van der Waals surface area (Å²) in [6.45, 7) is 3.60. The number of aromatic nitrogens is 1. The van der Waals surface area contributed by atoms with Gasteiger partial charge in [-0.15, -0.1) is 11.3 Å². The Morgan fingerprint density at radius 1 is 1.44 bits per heavy atom. The molecule has 3 atom stereocenters. The largest absolute Gasteiger partial charge is 0.439 e. The quantitative estimate of drug-likeness (QED) is 0.814. The molecule has 0 bridgehead atoms. The van der Waals surface area contributed by atoms with Gasteiger partial charge in [-0.1, -0.05) is 41.9 Å². The Morgan fingerprint density at radius 2 is 2.15 bits per heavy atom. The molecule has 1 aromatic heterocycles. The molecule has 142 valence electrons. The van der Waals surface area contributed by atoms with Crippen LogP contribution in [0.25, 0.3) is 6.08 Å². The number of hydrogen-bond donors (Lipinski definition) is 1. The SMILES string of the molecule is Cc1nc(/C=C(\Cl)[C@@H](O)CC(=O)N2C(=O)O[C@H](c3ccccc3)[C@@H]2C)cs1. The molecule has 1 aliphatic rings. The summed E-state index contributed by atoms with van der Waals surface area (Å²) in [4.78, 5) is 30.1. The molecule has 6 nitrogen and oxygen atoms in total. The number of cyclic esters (lactones) is 1. The van der Waals surface area contributed by atoms with Gasteiger partial charge in [-0.3, -0.25) is 4.79 Å². The first-order valence-corrected chi connectivity index (χ1v) is 9.67. The van der Waals surface area contributed by atoms with Crippen LogP contribution in [-0.2, 0) is 9.53 Å². The zero-order chi connectivity index (χ0) is 19.6. The van der Waals surface area contributed by atoms with Crippen molar-refractivity contribution in [2.24, 2.45) is 0 Å². The second-order valence-corrected chi connectivity index (χ2v) is 7.76. The van der Waals surface area contributed by atoms with Gasteiger partial charge in [0.1, 0.15) is 6.10 Å². The van der Waals surface area contributed by atoms with Crippen molar-refractivity contribution in [2.75, 3.05) is 0 Å². The lowest BCUT2D eigenvalue weighted by molar-refractivity contribution is -0.130. The van der Waals surface area contributed by atoms with E-state index in [0.29, 0.717) is 5.69 Å². The van der Waals surface area contributed by atoms with Crippen molar-refractivity contribution in [1.29, 1.82) is 0 Å². The van der Waals surface area contributed by atoms with E-state index in [0.717, 1.165) is 15.5 Å². The summed E-state index contributed by atoms with van der Waals surface area (Å²) in [5.74, 6) is -0.542. The van der Waals surface area contributed by atoms with Crippen LogP contribution in [0.4, 0.5) is 4.79 Å². The third kappa shape index (κ3) is 4.37. The highest BCUT2D eigenvalue weighted by Crippen LogP contribution is 2.33. The number of thiazole rings is 1. The van der Waals surface area contributed by atoms with Gasteiger partial charge >= 0.3 is 6.09 Å². The molecule has 2 amide bonds. The highest BCUT2D eigenvalue weighted by molar-refractivity contribution is 7.09. The van der Waals surface area contributed by atoms with E-state index in [1.807, 2.05) is 37.3 Å². The fraction of sp³-hybridized carbons (Fsp3) is 0.316. The average Bonchev–Trinajstić information content (AvgIpc) is 3.17. The minimum Gasteiger partial charge on any atom is -0.439 e. The fourth-order valence-corrected chi connectivity index (χ4v) is 3.69. The van der Waals surface area contributed by atoms with Gasteiger partial charge in [-0.25, -0.2) is 14.7 Å². The van der Waals surface area contributed by atoms with Crippen molar-refractivity contribution in [3.05, 3.63) is 57.0 Å². The van der Waals surface area contributed by atoms with Gasteiger partial charge < -0.3 is 9.84 Å². The van der Waals surface area contributed by atoms with Crippen molar-refractivity contribution in [1.82, 2.24) is 9.88 Å². The minimum absolute atomic E-state index is 0.0912. The number of rotatable bonds is 5. The summed E-state index contributed by atoms with van der Waals surface area (Å²) in [7, 11) is 0. The lowest BCUT2D eigenvalue weighted by Crippen LogP contribution is -2.39. The molecule has 0 radical (unpaired) electrons. The first-order chi connectivity index (χ1) is 12.9. The number of imide groups is 1. The molecule has 1 aromatic carbocycles. The molecule has 0 unspecified atom stereocenters. The van der Waals surface area contributed by atoms with Gasteiger partial charge in [0.05, 0.1) is 29.3 Å². The van der Waals surface area contributed by atoms with Crippen LogP contribution in [0.1, 0.15) is 35.7 Å². The summed E-state index contributed by atoms with van der Waals surface area (Å²) in [5, 5.41) is 13.0.